The van der Waals surface area contributed by atoms with Crippen molar-refractivity contribution in [2.75, 3.05) is 25.5 Å². The number of hydrogen-bond donors (Lipinski definition) is 3. The second-order valence-corrected chi connectivity index (χ2v) is 4.80. The molecule has 1 aliphatic rings. The summed E-state index contributed by atoms with van der Waals surface area (Å²) >= 11 is 0. The van der Waals surface area contributed by atoms with Gasteiger partial charge in [-0.2, -0.15) is 0 Å². The van der Waals surface area contributed by atoms with Crippen LogP contribution in [0.3, 0.4) is 0 Å². The molecule has 6 nitrogen and oxygen atoms in total. The van der Waals surface area contributed by atoms with Gasteiger partial charge in [0.1, 0.15) is 12.3 Å². The van der Waals surface area contributed by atoms with E-state index >= 15 is 0 Å². The van der Waals surface area contributed by atoms with Crippen LogP contribution in [0.15, 0.2) is 29.3 Å². The fourth-order valence-electron chi connectivity index (χ4n) is 1.65. The summed E-state index contributed by atoms with van der Waals surface area (Å²) in [6, 6.07) is 7.29. The SMILES string of the molecule is COc1ccc(NC(N)=NCC(=O)NCC2CC2)cc1.I. The van der Waals surface area contributed by atoms with Crippen molar-refractivity contribution in [2.24, 2.45) is 16.6 Å². The molecule has 1 aromatic carbocycles. The molecule has 4 N–H and O–H groups in total. The van der Waals surface area contributed by atoms with Gasteiger partial charge in [0.2, 0.25) is 5.91 Å². The van der Waals surface area contributed by atoms with Crippen LogP contribution >= 0.6 is 24.0 Å². The fourth-order valence-corrected chi connectivity index (χ4v) is 1.65. The van der Waals surface area contributed by atoms with Crippen LogP contribution in [0.2, 0.25) is 0 Å². The van der Waals surface area contributed by atoms with Gasteiger partial charge in [0, 0.05) is 12.2 Å². The predicted octanol–water partition coefficient (Wildman–Crippen LogP) is 1.57. The third-order valence-corrected chi connectivity index (χ3v) is 3.04. The van der Waals surface area contributed by atoms with Crippen molar-refractivity contribution in [3.63, 3.8) is 0 Å². The summed E-state index contributed by atoms with van der Waals surface area (Å²) < 4.78 is 5.06. The van der Waals surface area contributed by atoms with Gasteiger partial charge >= 0.3 is 0 Å². The van der Waals surface area contributed by atoms with Gasteiger partial charge in [0.05, 0.1) is 7.11 Å². The number of carbonyl (C=O) groups excluding carboxylic acids is 1. The van der Waals surface area contributed by atoms with Gasteiger partial charge in [-0.25, -0.2) is 4.99 Å². The van der Waals surface area contributed by atoms with E-state index in [9.17, 15) is 4.79 Å². The minimum absolute atomic E-state index is 0. The molecule has 1 aromatic rings. The Morgan fingerprint density at radius 1 is 1.38 bits per heavy atom. The molecule has 0 aromatic heterocycles. The third kappa shape index (κ3) is 6.65. The van der Waals surface area contributed by atoms with Gasteiger partial charge < -0.3 is 21.1 Å². The number of rotatable bonds is 6. The molecule has 0 radical (unpaired) electrons. The Bertz CT molecular complexity index is 486. The maximum atomic E-state index is 11.5. The monoisotopic (exact) mass is 404 g/mol. The van der Waals surface area contributed by atoms with E-state index in [0.29, 0.717) is 5.92 Å². The third-order valence-electron chi connectivity index (χ3n) is 3.04. The van der Waals surface area contributed by atoms with Gasteiger partial charge in [0.25, 0.3) is 0 Å². The van der Waals surface area contributed by atoms with Crippen LogP contribution in [0.1, 0.15) is 12.8 Å². The Labute approximate surface area is 141 Å². The van der Waals surface area contributed by atoms with E-state index < -0.39 is 0 Å². The maximum Gasteiger partial charge on any atom is 0.241 e. The molecular weight excluding hydrogens is 383 g/mol. The lowest BCUT2D eigenvalue weighted by atomic mass is 10.3. The van der Waals surface area contributed by atoms with Crippen molar-refractivity contribution in [2.45, 2.75) is 12.8 Å². The van der Waals surface area contributed by atoms with Crippen molar-refractivity contribution < 1.29 is 9.53 Å². The zero-order valence-corrected chi connectivity index (χ0v) is 14.3. The van der Waals surface area contributed by atoms with Crippen molar-refractivity contribution >= 4 is 41.5 Å². The highest BCUT2D eigenvalue weighted by Gasteiger charge is 2.21. The van der Waals surface area contributed by atoms with Crippen LogP contribution in [-0.4, -0.2) is 32.1 Å². The van der Waals surface area contributed by atoms with E-state index in [1.807, 2.05) is 24.3 Å². The number of anilines is 1. The van der Waals surface area contributed by atoms with Crippen LogP contribution in [0.5, 0.6) is 5.75 Å². The van der Waals surface area contributed by atoms with E-state index in [0.717, 1.165) is 18.0 Å². The first-order chi connectivity index (χ1) is 9.67. The molecule has 0 unspecified atom stereocenters. The lowest BCUT2D eigenvalue weighted by Gasteiger charge is -2.07. The molecule has 0 atom stereocenters. The molecule has 2 rings (SSSR count). The number of amides is 1. The zero-order valence-electron chi connectivity index (χ0n) is 12.0. The smallest absolute Gasteiger partial charge is 0.241 e. The number of nitrogens with zero attached hydrogens (tertiary/aromatic N) is 1. The van der Waals surface area contributed by atoms with E-state index in [1.165, 1.54) is 12.8 Å². The minimum atomic E-state index is -0.101. The van der Waals surface area contributed by atoms with Crippen molar-refractivity contribution in [1.29, 1.82) is 0 Å². The molecule has 7 heteroatoms. The van der Waals surface area contributed by atoms with Gasteiger partial charge in [-0.15, -0.1) is 24.0 Å². The normalized spacial score (nSPS) is 14.0. The summed E-state index contributed by atoms with van der Waals surface area (Å²) in [4.78, 5) is 15.5. The molecule has 1 amide bonds. The second-order valence-electron chi connectivity index (χ2n) is 4.80. The second kappa shape index (κ2) is 8.71. The lowest BCUT2D eigenvalue weighted by molar-refractivity contribution is -0.119. The first-order valence-corrected chi connectivity index (χ1v) is 6.65. The lowest BCUT2D eigenvalue weighted by Crippen LogP contribution is -2.30. The number of methoxy groups -OCH3 is 1. The van der Waals surface area contributed by atoms with E-state index in [-0.39, 0.29) is 42.4 Å². The number of nitrogens with one attached hydrogen (secondary N) is 2. The highest BCUT2D eigenvalue weighted by Crippen LogP contribution is 2.27. The molecule has 1 aliphatic carbocycles. The quantitative estimate of drug-likeness (QED) is 0.382. The molecule has 0 saturated heterocycles. The average Bonchev–Trinajstić information content (AvgIpc) is 3.28. The molecule has 116 valence electrons. The van der Waals surface area contributed by atoms with Gasteiger partial charge in [0.15, 0.2) is 5.96 Å². The summed E-state index contributed by atoms with van der Waals surface area (Å²) in [5.41, 5.74) is 6.52. The van der Waals surface area contributed by atoms with Crippen LogP contribution in [0.25, 0.3) is 0 Å². The topological polar surface area (TPSA) is 88.7 Å². The molecule has 1 saturated carbocycles. The van der Waals surface area contributed by atoms with E-state index in [2.05, 4.69) is 15.6 Å². The Balaban J connectivity index is 0.00000220. The van der Waals surface area contributed by atoms with Crippen molar-refractivity contribution in [3.05, 3.63) is 24.3 Å². The van der Waals surface area contributed by atoms with E-state index in [1.54, 1.807) is 7.11 Å². The standard InChI is InChI=1S/C14H20N4O2.HI/c1-20-12-6-4-11(5-7-12)18-14(15)17-9-13(19)16-8-10-2-3-10;/h4-7,10H,2-3,8-9H2,1H3,(H,16,19)(H3,15,17,18);1H. The molecule has 0 heterocycles. The Morgan fingerprint density at radius 2 is 2.05 bits per heavy atom. The molecule has 0 aliphatic heterocycles. The first kappa shape index (κ1) is 17.5. The predicted molar refractivity (Wildman–Crippen MR) is 94.3 cm³/mol. The van der Waals surface area contributed by atoms with E-state index in [4.69, 9.17) is 10.5 Å². The summed E-state index contributed by atoms with van der Waals surface area (Å²) in [6.07, 6.45) is 2.43. The number of hydrogen-bond acceptors (Lipinski definition) is 3. The largest absolute Gasteiger partial charge is 0.497 e. The Kier molecular flexibility index (Phi) is 7.27. The van der Waals surface area contributed by atoms with Crippen LogP contribution in [0, 0.1) is 5.92 Å². The fraction of sp³-hybridized carbons (Fsp3) is 0.429. The molecular formula is C14H21IN4O2. The van der Waals surface area contributed by atoms with Crippen LogP contribution in [0.4, 0.5) is 5.69 Å². The number of benzene rings is 1. The highest BCUT2D eigenvalue weighted by atomic mass is 127. The van der Waals surface area contributed by atoms with Gasteiger partial charge in [-0.1, -0.05) is 0 Å². The van der Waals surface area contributed by atoms with Crippen LogP contribution < -0.4 is 21.1 Å². The van der Waals surface area contributed by atoms with Gasteiger partial charge in [-0.3, -0.25) is 4.79 Å². The Hall–Kier alpha value is -1.51. The highest BCUT2D eigenvalue weighted by molar-refractivity contribution is 14.0. The molecule has 1 fully saturated rings. The summed E-state index contributed by atoms with van der Waals surface area (Å²) in [5, 5.41) is 5.75. The molecule has 0 bridgehead atoms. The number of nitrogens with two attached hydrogens (primary N) is 1. The number of aliphatic imine (C=N–C) groups is 1. The van der Waals surface area contributed by atoms with Gasteiger partial charge in [-0.05, 0) is 43.0 Å². The zero-order chi connectivity index (χ0) is 14.4. The summed E-state index contributed by atoms with van der Waals surface area (Å²) in [7, 11) is 1.61. The minimum Gasteiger partial charge on any atom is -0.497 e. The number of ether oxygens (including phenoxy) is 1. The maximum absolute atomic E-state index is 11.5. The van der Waals surface area contributed by atoms with Crippen molar-refractivity contribution in [1.82, 2.24) is 5.32 Å². The Morgan fingerprint density at radius 3 is 2.62 bits per heavy atom. The first-order valence-electron chi connectivity index (χ1n) is 6.65. The van der Waals surface area contributed by atoms with Crippen LogP contribution in [-0.2, 0) is 4.79 Å². The summed E-state index contributed by atoms with van der Waals surface area (Å²) in [5.74, 6) is 1.55. The summed E-state index contributed by atoms with van der Waals surface area (Å²) in [6.45, 7) is 0.794. The van der Waals surface area contributed by atoms with Crippen molar-refractivity contribution in [3.8, 4) is 5.75 Å². The molecule has 0 spiro atoms. The number of guanidine groups is 1. The molecule has 21 heavy (non-hydrogen) atoms. The number of halogens is 1. The number of carbonyl (C=O) groups is 1. The average molecular weight is 404 g/mol.